The highest BCUT2D eigenvalue weighted by molar-refractivity contribution is 6.42. The quantitative estimate of drug-likeness (QED) is 0.232. The summed E-state index contributed by atoms with van der Waals surface area (Å²) in [5, 5.41) is 1.15. The van der Waals surface area contributed by atoms with Gasteiger partial charge in [-0.2, -0.15) is 0 Å². The molecule has 0 fully saturated rings. The molecule has 2 aliphatic heterocycles. The van der Waals surface area contributed by atoms with Gasteiger partial charge < -0.3 is 14.4 Å². The summed E-state index contributed by atoms with van der Waals surface area (Å²) in [6.07, 6.45) is 2.09. The van der Waals surface area contributed by atoms with Gasteiger partial charge in [-0.25, -0.2) is 4.79 Å². The van der Waals surface area contributed by atoms with E-state index in [-0.39, 0.29) is 0 Å². The van der Waals surface area contributed by atoms with Crippen molar-refractivity contribution in [2.24, 2.45) is 0 Å². The number of hydrogen-bond acceptors (Lipinski definition) is 4. The molecule has 7 heteroatoms. The lowest BCUT2D eigenvalue weighted by Gasteiger charge is -2.37. The van der Waals surface area contributed by atoms with Crippen LogP contribution >= 0.6 is 34.8 Å². The van der Waals surface area contributed by atoms with Gasteiger partial charge in [-0.3, -0.25) is 0 Å². The molecule has 0 saturated carbocycles. The molecule has 0 N–H and O–H groups in total. The van der Waals surface area contributed by atoms with Gasteiger partial charge in [0.05, 0.1) is 15.6 Å². The number of ether oxygens (including phenoxy) is 2. The second-order valence-corrected chi connectivity index (χ2v) is 10.4. The molecule has 2 aliphatic rings. The van der Waals surface area contributed by atoms with Crippen molar-refractivity contribution in [3.8, 4) is 11.5 Å². The number of hydrogen-bond donors (Lipinski definition) is 0. The number of rotatable bonds is 5. The summed E-state index contributed by atoms with van der Waals surface area (Å²) in [6, 6.07) is 24.8. The maximum Gasteiger partial charge on any atom is 0.340 e. The summed E-state index contributed by atoms with van der Waals surface area (Å²) in [6.45, 7) is 3.02. The number of carbonyl (C=O) groups excluding carboxylic acids is 1. The van der Waals surface area contributed by atoms with Crippen molar-refractivity contribution in [3.63, 3.8) is 0 Å². The molecule has 0 saturated heterocycles. The van der Waals surface area contributed by atoms with E-state index in [9.17, 15) is 4.79 Å². The van der Waals surface area contributed by atoms with Crippen LogP contribution in [0.1, 0.15) is 46.8 Å². The van der Waals surface area contributed by atoms with Crippen molar-refractivity contribution < 1.29 is 14.3 Å². The molecule has 1 spiro atoms. The summed E-state index contributed by atoms with van der Waals surface area (Å²) in [4.78, 5) is 15.4. The fourth-order valence-electron chi connectivity index (χ4n) is 5.18. The number of halogens is 3. The zero-order chi connectivity index (χ0) is 25.7. The summed E-state index contributed by atoms with van der Waals surface area (Å²) in [7, 11) is 0. The normalized spacial score (nSPS) is 17.0. The molecule has 1 atom stereocenters. The smallest absolute Gasteiger partial charge is 0.340 e. The molecule has 0 aliphatic carbocycles. The van der Waals surface area contributed by atoms with Crippen molar-refractivity contribution in [2.45, 2.75) is 25.4 Å². The first kappa shape index (κ1) is 24.2. The maximum absolute atomic E-state index is 13.2. The largest absolute Gasteiger partial charge is 0.456 e. The fourth-order valence-corrected chi connectivity index (χ4v) is 5.67. The molecule has 4 aromatic carbocycles. The minimum atomic E-state index is -1.24. The fraction of sp³-hybridized carbons (Fsp3) is 0.167. The van der Waals surface area contributed by atoms with E-state index in [0.29, 0.717) is 48.8 Å². The van der Waals surface area contributed by atoms with Gasteiger partial charge in [0.25, 0.3) is 0 Å². The lowest BCUT2D eigenvalue weighted by molar-refractivity contribution is 0.0224. The minimum absolute atomic E-state index is 0.294. The predicted molar refractivity (Wildman–Crippen MR) is 148 cm³/mol. The number of carbonyl (C=O) groups is 1. The van der Waals surface area contributed by atoms with E-state index in [1.807, 2.05) is 42.5 Å². The molecular formula is C30H22Cl3NO3. The van der Waals surface area contributed by atoms with Gasteiger partial charge in [0.1, 0.15) is 11.5 Å². The van der Waals surface area contributed by atoms with E-state index in [0.717, 1.165) is 30.8 Å². The molecular weight excluding hydrogens is 529 g/mol. The third-order valence-electron chi connectivity index (χ3n) is 6.91. The van der Waals surface area contributed by atoms with Crippen molar-refractivity contribution in [2.75, 3.05) is 11.4 Å². The van der Waals surface area contributed by atoms with E-state index in [1.54, 1.807) is 24.3 Å². The SMILES string of the molecule is CCCCN(c1ccccc1)c1ccc2c(c1)Oc1cc(Cl)ccc1C21OC(=O)c2cc(Cl)c(Cl)cc21. The summed E-state index contributed by atoms with van der Waals surface area (Å²) in [5.74, 6) is 0.625. The van der Waals surface area contributed by atoms with Crippen LogP contribution in [0.4, 0.5) is 11.4 Å². The Labute approximate surface area is 230 Å². The van der Waals surface area contributed by atoms with Crippen LogP contribution in [-0.4, -0.2) is 12.5 Å². The molecule has 4 nitrogen and oxygen atoms in total. The Balaban J connectivity index is 1.57. The first-order valence-electron chi connectivity index (χ1n) is 12.1. The topological polar surface area (TPSA) is 38.8 Å². The molecule has 0 radical (unpaired) electrons. The molecule has 37 heavy (non-hydrogen) atoms. The van der Waals surface area contributed by atoms with E-state index in [2.05, 4.69) is 24.0 Å². The molecule has 186 valence electrons. The van der Waals surface area contributed by atoms with Gasteiger partial charge in [-0.1, -0.05) is 66.3 Å². The van der Waals surface area contributed by atoms with E-state index in [4.69, 9.17) is 44.3 Å². The predicted octanol–water partition coefficient (Wildman–Crippen LogP) is 9.15. The molecule has 0 amide bonds. The first-order chi connectivity index (χ1) is 17.9. The molecule has 4 aromatic rings. The summed E-state index contributed by atoms with van der Waals surface area (Å²) >= 11 is 19.1. The molecule has 0 bridgehead atoms. The van der Waals surface area contributed by atoms with Gasteiger partial charge in [-0.15, -0.1) is 0 Å². The Hall–Kier alpha value is -3.18. The van der Waals surface area contributed by atoms with Crippen molar-refractivity contribution in [3.05, 3.63) is 116 Å². The highest BCUT2D eigenvalue weighted by Crippen LogP contribution is 2.57. The molecule has 0 aromatic heterocycles. The lowest BCUT2D eigenvalue weighted by Crippen LogP contribution is -2.33. The number of anilines is 2. The van der Waals surface area contributed by atoms with Crippen LogP contribution in [-0.2, 0) is 10.3 Å². The monoisotopic (exact) mass is 549 g/mol. The zero-order valence-corrected chi connectivity index (χ0v) is 22.2. The Morgan fingerprint density at radius 2 is 1.49 bits per heavy atom. The highest BCUT2D eigenvalue weighted by atomic mass is 35.5. The van der Waals surface area contributed by atoms with Crippen LogP contribution in [0.3, 0.4) is 0 Å². The average Bonchev–Trinajstić information content (AvgIpc) is 3.16. The van der Waals surface area contributed by atoms with Gasteiger partial charge in [-0.05, 0) is 61.0 Å². The molecule has 6 rings (SSSR count). The van der Waals surface area contributed by atoms with E-state index in [1.165, 1.54) is 0 Å². The number of fused-ring (bicyclic) bond motifs is 6. The number of esters is 1. The lowest BCUT2D eigenvalue weighted by atomic mass is 9.77. The number of nitrogens with zero attached hydrogens (tertiary/aromatic N) is 1. The van der Waals surface area contributed by atoms with E-state index >= 15 is 0 Å². The number of para-hydroxylation sites is 1. The summed E-state index contributed by atoms with van der Waals surface area (Å²) in [5.41, 5.74) is 3.20. The van der Waals surface area contributed by atoms with Gasteiger partial charge in [0.2, 0.25) is 0 Å². The third kappa shape index (κ3) is 3.86. The first-order valence-corrected chi connectivity index (χ1v) is 13.2. The summed E-state index contributed by atoms with van der Waals surface area (Å²) < 4.78 is 12.6. The third-order valence-corrected chi connectivity index (χ3v) is 7.86. The Bertz CT molecular complexity index is 1540. The molecule has 1 unspecified atom stereocenters. The maximum atomic E-state index is 13.2. The van der Waals surface area contributed by atoms with Crippen LogP contribution in [0.2, 0.25) is 15.1 Å². The van der Waals surface area contributed by atoms with Crippen LogP contribution < -0.4 is 9.64 Å². The van der Waals surface area contributed by atoms with Gasteiger partial charge in [0.15, 0.2) is 5.60 Å². The second-order valence-electron chi connectivity index (χ2n) is 9.15. The van der Waals surface area contributed by atoms with Crippen LogP contribution in [0.25, 0.3) is 0 Å². The Morgan fingerprint density at radius 1 is 0.784 bits per heavy atom. The van der Waals surface area contributed by atoms with Crippen molar-refractivity contribution >= 4 is 52.1 Å². The van der Waals surface area contributed by atoms with Crippen molar-refractivity contribution in [1.82, 2.24) is 0 Å². The van der Waals surface area contributed by atoms with Crippen molar-refractivity contribution in [1.29, 1.82) is 0 Å². The van der Waals surface area contributed by atoms with Gasteiger partial charge in [0, 0.05) is 45.7 Å². The number of unbranched alkanes of at least 4 members (excludes halogenated alkanes) is 1. The van der Waals surface area contributed by atoms with Crippen LogP contribution in [0, 0.1) is 0 Å². The number of benzene rings is 4. The minimum Gasteiger partial charge on any atom is -0.456 e. The Kier molecular flexibility index (Phi) is 6.07. The standard InChI is InChI=1S/C30H22Cl3NO3/c1-2-3-13-34(19-7-5-4-6-8-19)20-10-12-23-28(15-20)36-27-14-18(31)9-11-22(27)30(23)24-17-26(33)25(32)16-21(24)29(35)37-30/h4-12,14-17H,2-3,13H2,1H3. The van der Waals surface area contributed by atoms with E-state index < -0.39 is 11.6 Å². The van der Waals surface area contributed by atoms with Crippen LogP contribution in [0.15, 0.2) is 78.9 Å². The average molecular weight is 551 g/mol. The highest BCUT2D eigenvalue weighted by Gasteiger charge is 2.54. The Morgan fingerprint density at radius 3 is 2.24 bits per heavy atom. The zero-order valence-electron chi connectivity index (χ0n) is 19.9. The van der Waals surface area contributed by atoms with Gasteiger partial charge >= 0.3 is 5.97 Å². The molecule has 2 heterocycles. The van der Waals surface area contributed by atoms with Crippen LogP contribution in [0.5, 0.6) is 11.5 Å². The second kappa shape index (κ2) is 9.29.